The lowest BCUT2D eigenvalue weighted by molar-refractivity contribution is -0.152. The summed E-state index contributed by atoms with van der Waals surface area (Å²) in [6.07, 6.45) is 0.241. The summed E-state index contributed by atoms with van der Waals surface area (Å²) in [5.74, 6) is -1.23. The first-order valence-corrected chi connectivity index (χ1v) is 6.40. The van der Waals surface area contributed by atoms with E-state index in [0.717, 1.165) is 0 Å². The molecule has 2 saturated heterocycles. The van der Waals surface area contributed by atoms with E-state index in [0.29, 0.717) is 32.2 Å². The Kier molecular flexibility index (Phi) is 4.04. The molecule has 0 bridgehead atoms. The predicted octanol–water partition coefficient (Wildman–Crippen LogP) is -0.644. The molecule has 0 aromatic carbocycles. The van der Waals surface area contributed by atoms with Crippen molar-refractivity contribution in [1.29, 1.82) is 0 Å². The number of likely N-dealkylation sites (N-methyl/N-ethyl adjacent to an activating group) is 1. The van der Waals surface area contributed by atoms with E-state index in [1.54, 1.807) is 11.9 Å². The van der Waals surface area contributed by atoms with Crippen LogP contribution in [-0.4, -0.2) is 59.6 Å². The molecule has 1 unspecified atom stereocenters. The number of nitrogens with one attached hydrogen (secondary N) is 1. The van der Waals surface area contributed by atoms with Crippen LogP contribution >= 0.6 is 0 Å². The third kappa shape index (κ3) is 3.23. The number of likely N-dealkylation sites (tertiary alicyclic amines) is 1. The molecule has 2 rings (SSSR count). The van der Waals surface area contributed by atoms with Crippen molar-refractivity contribution in [2.75, 3.05) is 13.6 Å². The number of carbonyl (C=O) groups excluding carboxylic acids is 2. The first kappa shape index (κ1) is 13.8. The number of carboxylic acids is 1. The van der Waals surface area contributed by atoms with Gasteiger partial charge in [0.15, 0.2) is 6.10 Å². The Hall–Kier alpha value is -1.63. The minimum Gasteiger partial charge on any atom is -0.479 e. The molecule has 2 aliphatic heterocycles. The Morgan fingerprint density at radius 1 is 1.32 bits per heavy atom. The topological polar surface area (TPSA) is 95.9 Å². The number of nitrogens with zero attached hydrogens (tertiary/aromatic N) is 1. The SMILES string of the molecule is CN1CC(NC(=O)[C@@H]2CC[C@H](C(=O)O)O2)CCC1=O. The van der Waals surface area contributed by atoms with Crippen molar-refractivity contribution in [2.45, 2.75) is 43.9 Å². The molecule has 0 aliphatic carbocycles. The van der Waals surface area contributed by atoms with E-state index in [2.05, 4.69) is 5.32 Å². The fraction of sp³-hybridized carbons (Fsp3) is 0.750. The first-order valence-electron chi connectivity index (χ1n) is 6.40. The zero-order valence-electron chi connectivity index (χ0n) is 10.8. The molecule has 7 nitrogen and oxygen atoms in total. The van der Waals surface area contributed by atoms with Crippen LogP contribution in [-0.2, 0) is 19.1 Å². The van der Waals surface area contributed by atoms with Crippen LogP contribution in [0.3, 0.4) is 0 Å². The highest BCUT2D eigenvalue weighted by atomic mass is 16.5. The average Bonchev–Trinajstić information content (AvgIpc) is 2.83. The van der Waals surface area contributed by atoms with Gasteiger partial charge in [0.1, 0.15) is 6.10 Å². The Morgan fingerprint density at radius 3 is 2.58 bits per heavy atom. The normalized spacial score (nSPS) is 31.3. The number of rotatable bonds is 3. The van der Waals surface area contributed by atoms with Crippen molar-refractivity contribution in [2.24, 2.45) is 0 Å². The fourth-order valence-electron chi connectivity index (χ4n) is 2.44. The fourth-order valence-corrected chi connectivity index (χ4v) is 2.44. The minimum absolute atomic E-state index is 0.0774. The van der Waals surface area contributed by atoms with Crippen LogP contribution in [0.5, 0.6) is 0 Å². The first-order chi connectivity index (χ1) is 8.97. The van der Waals surface area contributed by atoms with E-state index in [4.69, 9.17) is 9.84 Å². The van der Waals surface area contributed by atoms with E-state index in [9.17, 15) is 14.4 Å². The Balaban J connectivity index is 1.82. The van der Waals surface area contributed by atoms with E-state index >= 15 is 0 Å². The number of carboxylic acid groups (broad SMARTS) is 1. The van der Waals surface area contributed by atoms with Crippen LogP contribution in [0.1, 0.15) is 25.7 Å². The highest BCUT2D eigenvalue weighted by Gasteiger charge is 2.36. The summed E-state index contributed by atoms with van der Waals surface area (Å²) < 4.78 is 5.18. The second kappa shape index (κ2) is 5.56. The van der Waals surface area contributed by atoms with Crippen LogP contribution in [0.4, 0.5) is 0 Å². The maximum atomic E-state index is 11.9. The standard InChI is InChI=1S/C12H18N2O5/c1-14-6-7(2-5-10(14)15)13-11(16)8-3-4-9(19-8)12(17)18/h7-9H,2-6H2,1H3,(H,13,16)(H,17,18)/t7?,8-,9+/m0/s1. The number of hydrogen-bond acceptors (Lipinski definition) is 4. The maximum Gasteiger partial charge on any atom is 0.332 e. The summed E-state index contributed by atoms with van der Waals surface area (Å²) in [5.41, 5.74) is 0. The third-order valence-electron chi connectivity index (χ3n) is 3.56. The van der Waals surface area contributed by atoms with Crippen LogP contribution in [0.25, 0.3) is 0 Å². The number of carbonyl (C=O) groups is 3. The molecule has 2 N–H and O–H groups in total. The number of hydrogen-bond donors (Lipinski definition) is 2. The maximum absolute atomic E-state index is 11.9. The molecule has 0 saturated carbocycles. The van der Waals surface area contributed by atoms with Crippen molar-refractivity contribution < 1.29 is 24.2 Å². The summed E-state index contributed by atoms with van der Waals surface area (Å²) in [6, 6.07) is -0.0809. The lowest BCUT2D eigenvalue weighted by Crippen LogP contribution is -2.50. The zero-order chi connectivity index (χ0) is 14.0. The van der Waals surface area contributed by atoms with E-state index in [-0.39, 0.29) is 17.9 Å². The molecule has 0 radical (unpaired) electrons. The van der Waals surface area contributed by atoms with Gasteiger partial charge in [-0.25, -0.2) is 4.79 Å². The third-order valence-corrected chi connectivity index (χ3v) is 3.56. The van der Waals surface area contributed by atoms with Crippen molar-refractivity contribution in [3.05, 3.63) is 0 Å². The van der Waals surface area contributed by atoms with Gasteiger partial charge in [-0.1, -0.05) is 0 Å². The monoisotopic (exact) mass is 270 g/mol. The van der Waals surface area contributed by atoms with Gasteiger partial charge in [-0.15, -0.1) is 0 Å². The summed E-state index contributed by atoms with van der Waals surface area (Å²) in [7, 11) is 1.70. The number of ether oxygens (including phenoxy) is 1. The molecule has 7 heteroatoms. The average molecular weight is 270 g/mol. The van der Waals surface area contributed by atoms with E-state index in [1.165, 1.54) is 0 Å². The summed E-state index contributed by atoms with van der Waals surface area (Å²) in [4.78, 5) is 35.6. The number of aliphatic carboxylic acids is 1. The van der Waals surface area contributed by atoms with Crippen molar-refractivity contribution >= 4 is 17.8 Å². The van der Waals surface area contributed by atoms with Crippen molar-refractivity contribution in [3.8, 4) is 0 Å². The van der Waals surface area contributed by atoms with Crippen molar-refractivity contribution in [3.63, 3.8) is 0 Å². The summed E-state index contributed by atoms with van der Waals surface area (Å²) in [5, 5.41) is 11.6. The van der Waals surface area contributed by atoms with Gasteiger partial charge in [-0.05, 0) is 19.3 Å². The van der Waals surface area contributed by atoms with E-state index < -0.39 is 18.2 Å². The molecule has 2 fully saturated rings. The molecule has 3 atom stereocenters. The molecule has 19 heavy (non-hydrogen) atoms. The van der Waals surface area contributed by atoms with Crippen LogP contribution in [0.2, 0.25) is 0 Å². The molecule has 2 amide bonds. The number of amides is 2. The van der Waals surface area contributed by atoms with Crippen LogP contribution in [0.15, 0.2) is 0 Å². The van der Waals surface area contributed by atoms with Gasteiger partial charge in [0, 0.05) is 26.1 Å². The molecule has 2 heterocycles. The number of piperidine rings is 1. The molecular formula is C12H18N2O5. The Labute approximate surface area is 110 Å². The van der Waals surface area contributed by atoms with Gasteiger partial charge in [-0.2, -0.15) is 0 Å². The predicted molar refractivity (Wildman–Crippen MR) is 64.3 cm³/mol. The van der Waals surface area contributed by atoms with Crippen LogP contribution in [0, 0.1) is 0 Å². The van der Waals surface area contributed by atoms with E-state index in [1.807, 2.05) is 0 Å². The Morgan fingerprint density at radius 2 is 2.00 bits per heavy atom. The second-order valence-corrected chi connectivity index (χ2v) is 5.05. The lowest BCUT2D eigenvalue weighted by atomic mass is 10.1. The smallest absolute Gasteiger partial charge is 0.332 e. The highest BCUT2D eigenvalue weighted by Crippen LogP contribution is 2.20. The van der Waals surface area contributed by atoms with Gasteiger partial charge >= 0.3 is 5.97 Å². The summed E-state index contributed by atoms with van der Waals surface area (Å²) >= 11 is 0. The largest absolute Gasteiger partial charge is 0.479 e. The summed E-state index contributed by atoms with van der Waals surface area (Å²) in [6.45, 7) is 0.486. The van der Waals surface area contributed by atoms with Gasteiger partial charge in [-0.3, -0.25) is 9.59 Å². The van der Waals surface area contributed by atoms with Gasteiger partial charge in [0.2, 0.25) is 11.8 Å². The minimum atomic E-state index is -1.03. The van der Waals surface area contributed by atoms with Crippen molar-refractivity contribution in [1.82, 2.24) is 10.2 Å². The molecule has 106 valence electrons. The molecule has 0 aromatic rings. The molecule has 0 spiro atoms. The lowest BCUT2D eigenvalue weighted by Gasteiger charge is -2.30. The molecule has 2 aliphatic rings. The van der Waals surface area contributed by atoms with Gasteiger partial charge in [0.05, 0.1) is 0 Å². The van der Waals surface area contributed by atoms with Crippen LogP contribution < -0.4 is 5.32 Å². The van der Waals surface area contributed by atoms with Gasteiger partial charge in [0.25, 0.3) is 0 Å². The second-order valence-electron chi connectivity index (χ2n) is 5.05. The molecular weight excluding hydrogens is 252 g/mol. The quantitative estimate of drug-likeness (QED) is 0.711. The van der Waals surface area contributed by atoms with Gasteiger partial charge < -0.3 is 20.1 Å². The molecule has 0 aromatic heterocycles. The Bertz CT molecular complexity index is 398. The highest BCUT2D eigenvalue weighted by molar-refractivity contribution is 5.83. The zero-order valence-corrected chi connectivity index (χ0v) is 10.8.